The van der Waals surface area contributed by atoms with Crippen LogP contribution in [0.15, 0.2) is 40.7 Å². The predicted molar refractivity (Wildman–Crippen MR) is 76.6 cm³/mol. The lowest BCUT2D eigenvalue weighted by molar-refractivity contribution is 0.0951. The fourth-order valence-electron chi connectivity index (χ4n) is 1.53. The van der Waals surface area contributed by atoms with E-state index in [4.69, 9.17) is 0 Å². The number of hydrogen-bond donors (Lipinski definition) is 2. The van der Waals surface area contributed by atoms with Gasteiger partial charge in [0.25, 0.3) is 5.91 Å². The van der Waals surface area contributed by atoms with Gasteiger partial charge in [-0.25, -0.2) is 4.98 Å². The van der Waals surface area contributed by atoms with E-state index in [0.29, 0.717) is 12.1 Å². The van der Waals surface area contributed by atoms with Crippen LogP contribution < -0.4 is 5.32 Å². The lowest BCUT2D eigenvalue weighted by Gasteiger charge is -2.10. The van der Waals surface area contributed by atoms with Crippen LogP contribution in [-0.4, -0.2) is 17.4 Å². The number of nitrogens with zero attached hydrogens (tertiary/aromatic N) is 1. The van der Waals surface area contributed by atoms with Crippen molar-refractivity contribution in [1.82, 2.24) is 10.3 Å². The highest BCUT2D eigenvalue weighted by Crippen LogP contribution is 2.16. The van der Waals surface area contributed by atoms with E-state index in [1.165, 1.54) is 0 Å². The number of amides is 1. The molecule has 1 heterocycles. The Balaban J connectivity index is 1.90. The van der Waals surface area contributed by atoms with Crippen molar-refractivity contribution in [3.05, 3.63) is 46.4 Å². The van der Waals surface area contributed by atoms with Gasteiger partial charge in [-0.2, -0.15) is 0 Å². The normalized spacial score (nSPS) is 12.1. The summed E-state index contributed by atoms with van der Waals surface area (Å²) in [6.45, 7) is 2.64. The standard InChI is InChI=1S/C13H14N2OS2/c1-9(13-14-6-7-18-13)8-15-12(16)10-2-4-11(17)5-3-10/h2-7,9,17H,8H2,1H3,(H,15,16). The molecule has 1 aromatic heterocycles. The third kappa shape index (κ3) is 3.34. The summed E-state index contributed by atoms with van der Waals surface area (Å²) in [7, 11) is 0. The minimum atomic E-state index is -0.0632. The summed E-state index contributed by atoms with van der Waals surface area (Å²) in [6, 6.07) is 7.15. The summed E-state index contributed by atoms with van der Waals surface area (Å²) in [5, 5.41) is 5.90. The van der Waals surface area contributed by atoms with E-state index in [9.17, 15) is 4.79 Å². The Morgan fingerprint density at radius 3 is 2.78 bits per heavy atom. The molecule has 2 rings (SSSR count). The molecule has 18 heavy (non-hydrogen) atoms. The summed E-state index contributed by atoms with van der Waals surface area (Å²) in [4.78, 5) is 17.0. The van der Waals surface area contributed by atoms with Gasteiger partial charge in [-0.05, 0) is 24.3 Å². The van der Waals surface area contributed by atoms with Gasteiger partial charge in [0.2, 0.25) is 0 Å². The lowest BCUT2D eigenvalue weighted by atomic mass is 10.1. The van der Waals surface area contributed by atoms with Crippen LogP contribution in [0.1, 0.15) is 28.2 Å². The molecule has 3 nitrogen and oxygen atoms in total. The van der Waals surface area contributed by atoms with Crippen molar-refractivity contribution in [3.8, 4) is 0 Å². The lowest BCUT2D eigenvalue weighted by Crippen LogP contribution is -2.27. The van der Waals surface area contributed by atoms with Crippen molar-refractivity contribution < 1.29 is 4.79 Å². The van der Waals surface area contributed by atoms with Crippen LogP contribution in [-0.2, 0) is 0 Å². The number of thiol groups is 1. The van der Waals surface area contributed by atoms with Gasteiger partial charge in [-0.15, -0.1) is 24.0 Å². The highest BCUT2D eigenvalue weighted by molar-refractivity contribution is 7.80. The summed E-state index contributed by atoms with van der Waals surface area (Å²) in [6.07, 6.45) is 1.78. The molecule has 0 aliphatic heterocycles. The minimum Gasteiger partial charge on any atom is -0.351 e. The maximum Gasteiger partial charge on any atom is 0.251 e. The van der Waals surface area contributed by atoms with E-state index >= 15 is 0 Å². The molecular weight excluding hydrogens is 264 g/mol. The van der Waals surface area contributed by atoms with E-state index in [0.717, 1.165) is 9.90 Å². The van der Waals surface area contributed by atoms with Crippen LogP contribution in [0.25, 0.3) is 0 Å². The Bertz CT molecular complexity index is 508. The Morgan fingerprint density at radius 1 is 1.44 bits per heavy atom. The molecule has 2 aromatic rings. The largest absolute Gasteiger partial charge is 0.351 e. The maximum absolute atomic E-state index is 11.9. The van der Waals surface area contributed by atoms with Gasteiger partial charge in [0, 0.05) is 34.5 Å². The summed E-state index contributed by atoms with van der Waals surface area (Å²) in [5.74, 6) is 0.171. The molecule has 0 saturated heterocycles. The van der Waals surface area contributed by atoms with Crippen molar-refractivity contribution in [2.24, 2.45) is 0 Å². The molecule has 1 N–H and O–H groups in total. The second kappa shape index (κ2) is 6.02. The number of thiazole rings is 1. The van der Waals surface area contributed by atoms with Gasteiger partial charge in [-0.3, -0.25) is 4.79 Å². The zero-order valence-corrected chi connectivity index (χ0v) is 11.7. The molecular formula is C13H14N2OS2. The molecule has 1 aromatic carbocycles. The first-order chi connectivity index (χ1) is 8.66. The first kappa shape index (κ1) is 13.1. The number of nitrogens with one attached hydrogen (secondary N) is 1. The van der Waals surface area contributed by atoms with Crippen molar-refractivity contribution >= 4 is 29.9 Å². The molecule has 0 saturated carbocycles. The van der Waals surface area contributed by atoms with Gasteiger partial charge in [0.1, 0.15) is 0 Å². The van der Waals surface area contributed by atoms with Gasteiger partial charge in [0.05, 0.1) is 5.01 Å². The van der Waals surface area contributed by atoms with Crippen LogP contribution in [0.5, 0.6) is 0 Å². The maximum atomic E-state index is 11.9. The van der Waals surface area contributed by atoms with Crippen LogP contribution >= 0.6 is 24.0 Å². The molecule has 0 aliphatic rings. The number of aromatic nitrogens is 1. The second-order valence-electron chi connectivity index (χ2n) is 4.03. The second-order valence-corrected chi connectivity index (χ2v) is 5.47. The molecule has 1 unspecified atom stereocenters. The number of carbonyl (C=O) groups is 1. The molecule has 0 aliphatic carbocycles. The van der Waals surface area contributed by atoms with Crippen LogP contribution in [0, 0.1) is 0 Å². The van der Waals surface area contributed by atoms with Gasteiger partial charge in [0.15, 0.2) is 0 Å². The first-order valence-electron chi connectivity index (χ1n) is 5.63. The average Bonchev–Trinajstić information content (AvgIpc) is 2.90. The smallest absolute Gasteiger partial charge is 0.251 e. The van der Waals surface area contributed by atoms with Gasteiger partial charge >= 0.3 is 0 Å². The van der Waals surface area contributed by atoms with Crippen LogP contribution in [0.3, 0.4) is 0 Å². The van der Waals surface area contributed by atoms with E-state index in [-0.39, 0.29) is 11.8 Å². The Kier molecular flexibility index (Phi) is 4.38. The number of carbonyl (C=O) groups excluding carboxylic acids is 1. The third-order valence-electron chi connectivity index (χ3n) is 2.57. The monoisotopic (exact) mass is 278 g/mol. The highest BCUT2D eigenvalue weighted by Gasteiger charge is 2.10. The summed E-state index contributed by atoms with van der Waals surface area (Å²) in [5.41, 5.74) is 0.652. The van der Waals surface area contributed by atoms with Gasteiger partial charge < -0.3 is 5.32 Å². The van der Waals surface area contributed by atoms with Crippen molar-refractivity contribution in [2.45, 2.75) is 17.7 Å². The predicted octanol–water partition coefficient (Wildman–Crippen LogP) is 2.97. The van der Waals surface area contributed by atoms with E-state index in [1.54, 1.807) is 29.7 Å². The molecule has 1 atom stereocenters. The Labute approximate surface area is 116 Å². The Morgan fingerprint density at radius 2 is 2.17 bits per heavy atom. The molecule has 0 bridgehead atoms. The van der Waals surface area contributed by atoms with E-state index in [1.807, 2.05) is 17.5 Å². The first-order valence-corrected chi connectivity index (χ1v) is 6.96. The van der Waals surface area contributed by atoms with Crippen molar-refractivity contribution in [2.75, 3.05) is 6.54 Å². The SMILES string of the molecule is CC(CNC(=O)c1ccc(S)cc1)c1nccs1. The van der Waals surface area contributed by atoms with E-state index < -0.39 is 0 Å². The topological polar surface area (TPSA) is 42.0 Å². The molecule has 0 fully saturated rings. The molecule has 1 amide bonds. The molecule has 0 spiro atoms. The highest BCUT2D eigenvalue weighted by atomic mass is 32.1. The average molecular weight is 278 g/mol. The third-order valence-corrected chi connectivity index (χ3v) is 3.88. The molecule has 94 valence electrons. The van der Waals surface area contributed by atoms with Crippen molar-refractivity contribution in [3.63, 3.8) is 0 Å². The summed E-state index contributed by atoms with van der Waals surface area (Å²) < 4.78 is 0. The summed E-state index contributed by atoms with van der Waals surface area (Å²) >= 11 is 5.79. The number of benzene rings is 1. The molecule has 5 heteroatoms. The number of hydrogen-bond acceptors (Lipinski definition) is 4. The zero-order valence-electron chi connectivity index (χ0n) is 9.96. The fraction of sp³-hybridized carbons (Fsp3) is 0.231. The van der Waals surface area contributed by atoms with Gasteiger partial charge in [-0.1, -0.05) is 6.92 Å². The number of rotatable bonds is 4. The zero-order chi connectivity index (χ0) is 13.0. The quantitative estimate of drug-likeness (QED) is 0.844. The minimum absolute atomic E-state index is 0.0632. The molecule has 0 radical (unpaired) electrons. The fourth-order valence-corrected chi connectivity index (χ4v) is 2.37. The van der Waals surface area contributed by atoms with E-state index in [2.05, 4.69) is 29.9 Å². The van der Waals surface area contributed by atoms with Crippen molar-refractivity contribution in [1.29, 1.82) is 0 Å². The van der Waals surface area contributed by atoms with Crippen LogP contribution in [0.2, 0.25) is 0 Å². The Hall–Kier alpha value is -1.33. The van der Waals surface area contributed by atoms with Crippen LogP contribution in [0.4, 0.5) is 0 Å².